The number of halogens is 1. The third-order valence-corrected chi connectivity index (χ3v) is 3.89. The lowest BCUT2D eigenvalue weighted by Gasteiger charge is -2.20. The molecule has 0 aromatic heterocycles. The highest BCUT2D eigenvalue weighted by Gasteiger charge is 2.21. The van der Waals surface area contributed by atoms with Crippen LogP contribution in [0.5, 0.6) is 0 Å². The molecule has 0 spiro atoms. The zero-order chi connectivity index (χ0) is 14.1. The summed E-state index contributed by atoms with van der Waals surface area (Å²) in [5.74, 6) is -0.897. The lowest BCUT2D eigenvalue weighted by Crippen LogP contribution is -2.20. The summed E-state index contributed by atoms with van der Waals surface area (Å²) in [6.45, 7) is 1.59. The van der Waals surface area contributed by atoms with E-state index < -0.39 is 5.97 Å². The molecule has 1 heterocycles. The van der Waals surface area contributed by atoms with Crippen molar-refractivity contribution >= 4 is 23.3 Å². The number of carboxylic acid groups (broad SMARTS) is 1. The first-order valence-corrected chi connectivity index (χ1v) is 6.87. The van der Waals surface area contributed by atoms with Crippen molar-refractivity contribution in [2.75, 3.05) is 11.4 Å². The van der Waals surface area contributed by atoms with Crippen LogP contribution in [0.3, 0.4) is 0 Å². The average molecular weight is 288 g/mol. The van der Waals surface area contributed by atoms with Gasteiger partial charge in [-0.05, 0) is 35.7 Å². The van der Waals surface area contributed by atoms with Crippen LogP contribution in [0, 0.1) is 0 Å². The molecule has 2 aromatic rings. The number of hydrogen-bond acceptors (Lipinski definition) is 2. The van der Waals surface area contributed by atoms with Gasteiger partial charge in [-0.1, -0.05) is 35.9 Å². The molecule has 1 aliphatic heterocycles. The van der Waals surface area contributed by atoms with E-state index in [-0.39, 0.29) is 0 Å². The zero-order valence-electron chi connectivity index (χ0n) is 10.8. The van der Waals surface area contributed by atoms with Gasteiger partial charge in [-0.2, -0.15) is 0 Å². The zero-order valence-corrected chi connectivity index (χ0v) is 11.6. The molecule has 0 fully saturated rings. The van der Waals surface area contributed by atoms with Crippen LogP contribution in [0.15, 0.2) is 42.5 Å². The normalized spacial score (nSPS) is 13.3. The van der Waals surface area contributed by atoms with Crippen molar-refractivity contribution in [2.24, 2.45) is 0 Å². The molecule has 0 unspecified atom stereocenters. The molecule has 102 valence electrons. The molecule has 3 rings (SSSR count). The van der Waals surface area contributed by atoms with Crippen molar-refractivity contribution in [3.63, 3.8) is 0 Å². The van der Waals surface area contributed by atoms with Crippen molar-refractivity contribution in [1.82, 2.24) is 0 Å². The highest BCUT2D eigenvalue weighted by atomic mass is 35.5. The standard InChI is InChI=1S/C16H14ClNO2/c17-14-6-2-4-12-7-8-18(15(12)14)10-11-3-1-5-13(9-11)16(19)20/h1-6,9H,7-8,10H2,(H,19,20). The molecule has 0 aliphatic carbocycles. The minimum atomic E-state index is -0.897. The van der Waals surface area contributed by atoms with E-state index in [4.69, 9.17) is 16.7 Å². The second kappa shape index (κ2) is 5.17. The van der Waals surface area contributed by atoms with Crippen molar-refractivity contribution in [3.8, 4) is 0 Å². The van der Waals surface area contributed by atoms with Gasteiger partial charge in [0.15, 0.2) is 0 Å². The fourth-order valence-electron chi connectivity index (χ4n) is 2.66. The molecular weight excluding hydrogens is 274 g/mol. The summed E-state index contributed by atoms with van der Waals surface area (Å²) in [5.41, 5.74) is 3.64. The maximum Gasteiger partial charge on any atom is 0.335 e. The predicted octanol–water partition coefficient (Wildman–Crippen LogP) is 3.60. The summed E-state index contributed by atoms with van der Waals surface area (Å²) in [6.07, 6.45) is 0.981. The average Bonchev–Trinajstić information content (AvgIpc) is 2.84. The van der Waals surface area contributed by atoms with E-state index in [1.54, 1.807) is 18.2 Å². The van der Waals surface area contributed by atoms with Gasteiger partial charge in [-0.15, -0.1) is 0 Å². The number of nitrogens with zero attached hydrogens (tertiary/aromatic N) is 1. The lowest BCUT2D eigenvalue weighted by molar-refractivity contribution is 0.0696. The van der Waals surface area contributed by atoms with E-state index in [1.807, 2.05) is 18.2 Å². The van der Waals surface area contributed by atoms with Crippen molar-refractivity contribution < 1.29 is 9.90 Å². The smallest absolute Gasteiger partial charge is 0.335 e. The highest BCUT2D eigenvalue weighted by Crippen LogP contribution is 2.35. The van der Waals surface area contributed by atoms with Gasteiger partial charge in [0.25, 0.3) is 0 Å². The minimum absolute atomic E-state index is 0.320. The van der Waals surface area contributed by atoms with Crippen LogP contribution in [-0.2, 0) is 13.0 Å². The summed E-state index contributed by atoms with van der Waals surface area (Å²) < 4.78 is 0. The van der Waals surface area contributed by atoms with E-state index in [0.29, 0.717) is 12.1 Å². The van der Waals surface area contributed by atoms with Gasteiger partial charge in [-0.25, -0.2) is 4.79 Å². The van der Waals surface area contributed by atoms with Gasteiger partial charge in [-0.3, -0.25) is 0 Å². The Hall–Kier alpha value is -2.00. The minimum Gasteiger partial charge on any atom is -0.478 e. The summed E-state index contributed by atoms with van der Waals surface area (Å²) in [5, 5.41) is 9.80. The second-order valence-electron chi connectivity index (χ2n) is 4.92. The van der Waals surface area contributed by atoms with E-state index in [0.717, 1.165) is 29.2 Å². The van der Waals surface area contributed by atoms with Crippen LogP contribution in [-0.4, -0.2) is 17.6 Å². The number of fused-ring (bicyclic) bond motifs is 1. The van der Waals surface area contributed by atoms with Crippen LogP contribution in [0.4, 0.5) is 5.69 Å². The Morgan fingerprint density at radius 1 is 1.25 bits per heavy atom. The monoisotopic (exact) mass is 287 g/mol. The first kappa shape index (κ1) is 13.0. The number of anilines is 1. The van der Waals surface area contributed by atoms with Gasteiger partial charge < -0.3 is 10.0 Å². The number of hydrogen-bond donors (Lipinski definition) is 1. The van der Waals surface area contributed by atoms with E-state index in [9.17, 15) is 4.79 Å². The molecule has 0 bridgehead atoms. The first-order valence-electron chi connectivity index (χ1n) is 6.50. The van der Waals surface area contributed by atoms with Gasteiger partial charge in [0.05, 0.1) is 16.3 Å². The Morgan fingerprint density at radius 3 is 2.85 bits per heavy atom. The molecule has 2 aromatic carbocycles. The quantitative estimate of drug-likeness (QED) is 0.938. The van der Waals surface area contributed by atoms with Crippen LogP contribution in [0.2, 0.25) is 5.02 Å². The number of rotatable bonds is 3. The Morgan fingerprint density at radius 2 is 2.05 bits per heavy atom. The van der Waals surface area contributed by atoms with Gasteiger partial charge in [0, 0.05) is 13.1 Å². The Labute approximate surface area is 122 Å². The third kappa shape index (κ3) is 2.37. The molecule has 1 N–H and O–H groups in total. The highest BCUT2D eigenvalue weighted by molar-refractivity contribution is 6.33. The fraction of sp³-hybridized carbons (Fsp3) is 0.188. The molecule has 4 heteroatoms. The second-order valence-corrected chi connectivity index (χ2v) is 5.33. The molecule has 0 saturated heterocycles. The third-order valence-electron chi connectivity index (χ3n) is 3.59. The Balaban J connectivity index is 1.88. The molecule has 0 amide bonds. The topological polar surface area (TPSA) is 40.5 Å². The SMILES string of the molecule is O=C(O)c1cccc(CN2CCc3cccc(Cl)c32)c1. The molecule has 20 heavy (non-hydrogen) atoms. The number of aromatic carboxylic acids is 1. The first-order chi connectivity index (χ1) is 9.65. The Bertz CT molecular complexity index is 669. The van der Waals surface area contributed by atoms with E-state index in [2.05, 4.69) is 11.0 Å². The van der Waals surface area contributed by atoms with Crippen LogP contribution < -0.4 is 4.90 Å². The predicted molar refractivity (Wildman–Crippen MR) is 79.6 cm³/mol. The van der Waals surface area contributed by atoms with Crippen molar-refractivity contribution in [1.29, 1.82) is 0 Å². The van der Waals surface area contributed by atoms with Crippen LogP contribution in [0.25, 0.3) is 0 Å². The maximum atomic E-state index is 11.0. The van der Waals surface area contributed by atoms with Crippen LogP contribution >= 0.6 is 11.6 Å². The largest absolute Gasteiger partial charge is 0.478 e. The molecule has 0 atom stereocenters. The number of carboxylic acids is 1. The number of carbonyl (C=O) groups is 1. The maximum absolute atomic E-state index is 11.0. The fourth-order valence-corrected chi connectivity index (χ4v) is 2.98. The van der Waals surface area contributed by atoms with E-state index in [1.165, 1.54) is 5.56 Å². The van der Waals surface area contributed by atoms with E-state index >= 15 is 0 Å². The van der Waals surface area contributed by atoms with Gasteiger partial charge >= 0.3 is 5.97 Å². The summed E-state index contributed by atoms with van der Waals surface area (Å²) in [4.78, 5) is 13.2. The van der Waals surface area contributed by atoms with Crippen LogP contribution in [0.1, 0.15) is 21.5 Å². The molecule has 0 saturated carbocycles. The lowest BCUT2D eigenvalue weighted by atomic mass is 10.1. The summed E-state index contributed by atoms with van der Waals surface area (Å²) in [7, 11) is 0. The van der Waals surface area contributed by atoms with Crippen molar-refractivity contribution in [3.05, 3.63) is 64.2 Å². The van der Waals surface area contributed by atoms with Gasteiger partial charge in [0.1, 0.15) is 0 Å². The molecule has 3 nitrogen and oxygen atoms in total. The number of benzene rings is 2. The number of para-hydroxylation sites is 1. The molecular formula is C16H14ClNO2. The summed E-state index contributed by atoms with van der Waals surface area (Å²) in [6, 6.07) is 13.0. The molecule has 0 radical (unpaired) electrons. The summed E-state index contributed by atoms with van der Waals surface area (Å²) >= 11 is 6.28. The molecule has 1 aliphatic rings. The Kier molecular flexibility index (Phi) is 3.36. The van der Waals surface area contributed by atoms with Crippen molar-refractivity contribution in [2.45, 2.75) is 13.0 Å². The van der Waals surface area contributed by atoms with Gasteiger partial charge in [0.2, 0.25) is 0 Å².